The summed E-state index contributed by atoms with van der Waals surface area (Å²) in [6.45, 7) is 0. The Hall–Kier alpha value is -2.58. The number of para-hydroxylation sites is 1. The van der Waals surface area contributed by atoms with E-state index in [9.17, 15) is 0 Å². The summed E-state index contributed by atoms with van der Waals surface area (Å²) in [7, 11) is 0. The van der Waals surface area contributed by atoms with E-state index >= 15 is 0 Å². The first-order valence-corrected chi connectivity index (χ1v) is 7.41. The Labute approximate surface area is 135 Å². The summed E-state index contributed by atoms with van der Waals surface area (Å²) in [5, 5.41) is 5.28. The van der Waals surface area contributed by atoms with Crippen molar-refractivity contribution >= 4 is 23.0 Å². The van der Waals surface area contributed by atoms with Gasteiger partial charge in [0.25, 0.3) is 0 Å². The molecule has 2 nitrogen and oxygen atoms in total. The van der Waals surface area contributed by atoms with E-state index < -0.39 is 0 Å². The summed E-state index contributed by atoms with van der Waals surface area (Å²) in [5.74, 6) is 0. The minimum atomic E-state index is 0.695. The molecule has 0 aliphatic carbocycles. The predicted molar refractivity (Wildman–Crippen MR) is 93.6 cm³/mol. The minimum absolute atomic E-state index is 0.695. The zero-order chi connectivity index (χ0) is 15.2. The quantitative estimate of drug-likeness (QED) is 0.519. The standard InChI is InChI=1S/C19H15ClN2/c20-17-11-7-10-16(14-17)19(15-8-3-1-4-9-15)22-21-18-12-5-2-6-13-18/h1-14,21H/b22-19+. The van der Waals surface area contributed by atoms with Gasteiger partial charge in [-0.25, -0.2) is 0 Å². The van der Waals surface area contributed by atoms with Crippen LogP contribution in [0.15, 0.2) is 90.0 Å². The third-order valence-electron chi connectivity index (χ3n) is 3.22. The van der Waals surface area contributed by atoms with E-state index in [0.29, 0.717) is 5.02 Å². The molecule has 0 amide bonds. The van der Waals surface area contributed by atoms with Crippen LogP contribution in [0.4, 0.5) is 5.69 Å². The fraction of sp³-hybridized carbons (Fsp3) is 0. The number of rotatable bonds is 4. The molecule has 22 heavy (non-hydrogen) atoms. The molecule has 1 N–H and O–H groups in total. The fourth-order valence-corrected chi connectivity index (χ4v) is 2.35. The first kappa shape index (κ1) is 14.4. The van der Waals surface area contributed by atoms with Gasteiger partial charge >= 0.3 is 0 Å². The van der Waals surface area contributed by atoms with E-state index in [4.69, 9.17) is 11.6 Å². The van der Waals surface area contributed by atoms with E-state index in [-0.39, 0.29) is 0 Å². The van der Waals surface area contributed by atoms with Crippen LogP contribution >= 0.6 is 11.6 Å². The molecule has 0 bridgehead atoms. The van der Waals surface area contributed by atoms with Crippen LogP contribution in [0, 0.1) is 0 Å². The van der Waals surface area contributed by atoms with Crippen molar-refractivity contribution in [3.05, 3.63) is 101 Å². The Kier molecular flexibility index (Phi) is 4.52. The molecule has 0 saturated carbocycles. The first-order chi connectivity index (χ1) is 10.8. The summed E-state index contributed by atoms with van der Waals surface area (Å²) in [5.41, 5.74) is 6.91. The third kappa shape index (κ3) is 3.54. The SMILES string of the molecule is Clc1cccc(/C(=N/Nc2ccccc2)c2ccccc2)c1. The molecule has 0 unspecified atom stereocenters. The molecule has 3 heteroatoms. The van der Waals surface area contributed by atoms with Gasteiger partial charge in [-0.3, -0.25) is 5.43 Å². The van der Waals surface area contributed by atoms with Gasteiger partial charge in [0, 0.05) is 16.1 Å². The minimum Gasteiger partial charge on any atom is -0.278 e. The number of hydrogen-bond acceptors (Lipinski definition) is 2. The second-order valence-electron chi connectivity index (χ2n) is 4.81. The van der Waals surface area contributed by atoms with Crippen molar-refractivity contribution in [2.24, 2.45) is 5.10 Å². The van der Waals surface area contributed by atoms with Gasteiger partial charge in [0.15, 0.2) is 0 Å². The van der Waals surface area contributed by atoms with Crippen molar-refractivity contribution in [3.63, 3.8) is 0 Å². The van der Waals surface area contributed by atoms with Crippen molar-refractivity contribution in [3.8, 4) is 0 Å². The topological polar surface area (TPSA) is 24.4 Å². The van der Waals surface area contributed by atoms with Gasteiger partial charge in [0.2, 0.25) is 0 Å². The summed E-state index contributed by atoms with van der Waals surface area (Å²) in [4.78, 5) is 0. The van der Waals surface area contributed by atoms with E-state index in [2.05, 4.69) is 10.5 Å². The highest BCUT2D eigenvalue weighted by Crippen LogP contribution is 2.16. The van der Waals surface area contributed by atoms with Gasteiger partial charge in [0.1, 0.15) is 0 Å². The largest absolute Gasteiger partial charge is 0.278 e. The highest BCUT2D eigenvalue weighted by atomic mass is 35.5. The molecule has 0 saturated heterocycles. The Balaban J connectivity index is 2.00. The average molecular weight is 307 g/mol. The highest BCUT2D eigenvalue weighted by Gasteiger charge is 2.07. The van der Waals surface area contributed by atoms with E-state index in [0.717, 1.165) is 22.5 Å². The van der Waals surface area contributed by atoms with Gasteiger partial charge in [-0.2, -0.15) is 5.10 Å². The molecule has 0 fully saturated rings. The smallest absolute Gasteiger partial charge is 0.0978 e. The zero-order valence-electron chi connectivity index (χ0n) is 11.9. The fourth-order valence-electron chi connectivity index (χ4n) is 2.16. The van der Waals surface area contributed by atoms with Crippen LogP contribution in [0.25, 0.3) is 0 Å². The van der Waals surface area contributed by atoms with Gasteiger partial charge in [0.05, 0.1) is 11.4 Å². The monoisotopic (exact) mass is 306 g/mol. The Morgan fingerprint density at radius 3 is 2.05 bits per heavy atom. The summed E-state index contributed by atoms with van der Waals surface area (Å²) in [6, 6.07) is 27.6. The van der Waals surface area contributed by atoms with Gasteiger partial charge in [-0.15, -0.1) is 0 Å². The van der Waals surface area contributed by atoms with Crippen molar-refractivity contribution in [1.29, 1.82) is 0 Å². The third-order valence-corrected chi connectivity index (χ3v) is 3.45. The maximum absolute atomic E-state index is 6.12. The number of anilines is 1. The molecule has 0 spiro atoms. The Morgan fingerprint density at radius 2 is 1.36 bits per heavy atom. The molecular formula is C19H15ClN2. The van der Waals surface area contributed by atoms with Crippen LogP contribution in [0.1, 0.15) is 11.1 Å². The van der Waals surface area contributed by atoms with Crippen molar-refractivity contribution < 1.29 is 0 Å². The molecule has 0 aliphatic heterocycles. The maximum atomic E-state index is 6.12. The van der Waals surface area contributed by atoms with Crippen LogP contribution in [0.3, 0.4) is 0 Å². The second-order valence-corrected chi connectivity index (χ2v) is 5.25. The second kappa shape index (κ2) is 6.92. The van der Waals surface area contributed by atoms with E-state index in [1.807, 2.05) is 84.9 Å². The molecule has 0 heterocycles. The lowest BCUT2D eigenvalue weighted by Gasteiger charge is -2.09. The predicted octanol–water partition coefficient (Wildman–Crippen LogP) is 5.20. The number of nitrogens with zero attached hydrogens (tertiary/aromatic N) is 1. The number of halogens is 1. The molecule has 0 radical (unpaired) electrons. The Morgan fingerprint density at radius 1 is 0.727 bits per heavy atom. The average Bonchev–Trinajstić information content (AvgIpc) is 2.57. The molecule has 0 atom stereocenters. The lowest BCUT2D eigenvalue weighted by Crippen LogP contribution is -2.06. The lowest BCUT2D eigenvalue weighted by atomic mass is 10.0. The molecule has 0 aromatic heterocycles. The van der Waals surface area contributed by atoms with Gasteiger partial charge in [-0.05, 0) is 24.3 Å². The maximum Gasteiger partial charge on any atom is 0.0978 e. The molecule has 3 rings (SSSR count). The normalized spacial score (nSPS) is 11.2. The van der Waals surface area contributed by atoms with E-state index in [1.54, 1.807) is 0 Å². The van der Waals surface area contributed by atoms with Crippen molar-refractivity contribution in [2.75, 3.05) is 5.43 Å². The van der Waals surface area contributed by atoms with Crippen LogP contribution in [0.2, 0.25) is 5.02 Å². The van der Waals surface area contributed by atoms with Crippen LogP contribution in [0.5, 0.6) is 0 Å². The van der Waals surface area contributed by atoms with Gasteiger partial charge < -0.3 is 0 Å². The number of hydrogen-bond donors (Lipinski definition) is 1. The Bertz CT molecular complexity index is 768. The van der Waals surface area contributed by atoms with Gasteiger partial charge in [-0.1, -0.05) is 72.3 Å². The number of nitrogens with one attached hydrogen (secondary N) is 1. The van der Waals surface area contributed by atoms with Crippen molar-refractivity contribution in [1.82, 2.24) is 0 Å². The number of hydrazone groups is 1. The molecule has 3 aromatic carbocycles. The first-order valence-electron chi connectivity index (χ1n) is 7.03. The zero-order valence-corrected chi connectivity index (χ0v) is 12.7. The number of benzene rings is 3. The molecule has 0 aliphatic rings. The summed E-state index contributed by atoms with van der Waals surface area (Å²) in [6.07, 6.45) is 0. The van der Waals surface area contributed by atoms with Crippen molar-refractivity contribution in [2.45, 2.75) is 0 Å². The van der Waals surface area contributed by atoms with Crippen LogP contribution < -0.4 is 5.43 Å². The summed E-state index contributed by atoms with van der Waals surface area (Å²) >= 11 is 6.12. The van der Waals surface area contributed by atoms with Crippen LogP contribution in [-0.2, 0) is 0 Å². The molecule has 108 valence electrons. The van der Waals surface area contributed by atoms with E-state index in [1.165, 1.54) is 0 Å². The van der Waals surface area contributed by atoms with Crippen LogP contribution in [-0.4, -0.2) is 5.71 Å². The highest BCUT2D eigenvalue weighted by molar-refractivity contribution is 6.31. The summed E-state index contributed by atoms with van der Waals surface area (Å²) < 4.78 is 0. The lowest BCUT2D eigenvalue weighted by molar-refractivity contribution is 1.32. The molecular weight excluding hydrogens is 292 g/mol. The molecule has 3 aromatic rings.